The number of ether oxygens (including phenoxy) is 1. The van der Waals surface area contributed by atoms with Gasteiger partial charge in [0, 0.05) is 23.8 Å². The monoisotopic (exact) mass is 419 g/mol. The van der Waals surface area contributed by atoms with Crippen LogP contribution in [-0.4, -0.2) is 35.0 Å². The number of nitrogens with zero attached hydrogens (tertiary/aromatic N) is 1. The number of carbonyl (C=O) groups excluding carboxylic acids is 1. The maximum absolute atomic E-state index is 12.4. The first-order valence-corrected chi connectivity index (χ1v) is 9.56. The van der Waals surface area contributed by atoms with Gasteiger partial charge in [0.1, 0.15) is 5.60 Å². The summed E-state index contributed by atoms with van der Waals surface area (Å²) in [7, 11) is 0. The molecule has 1 amide bonds. The van der Waals surface area contributed by atoms with Gasteiger partial charge >= 0.3 is 6.09 Å². The van der Waals surface area contributed by atoms with Gasteiger partial charge in [-0.05, 0) is 50.3 Å². The van der Waals surface area contributed by atoms with E-state index in [4.69, 9.17) is 27.9 Å². The highest BCUT2D eigenvalue weighted by molar-refractivity contribution is 9.09. The van der Waals surface area contributed by atoms with E-state index in [-0.39, 0.29) is 11.5 Å². The SMILES string of the molecule is CC(C)(C)OC(=O)N1C[C@H]2[C@H](CBr)[C@@]2(c2ccc(Cl)c(Cl)c2)C1. The van der Waals surface area contributed by atoms with Gasteiger partial charge in [0.2, 0.25) is 0 Å². The predicted octanol–water partition coefficient (Wildman–Crippen LogP) is 5.12. The Bertz CT molecular complexity index is 646. The Labute approximate surface area is 155 Å². The smallest absolute Gasteiger partial charge is 0.410 e. The molecule has 0 spiro atoms. The third kappa shape index (κ3) is 2.98. The largest absolute Gasteiger partial charge is 0.444 e. The molecule has 0 unspecified atom stereocenters. The summed E-state index contributed by atoms with van der Waals surface area (Å²) < 4.78 is 5.51. The summed E-state index contributed by atoms with van der Waals surface area (Å²) in [6.45, 7) is 7.05. The lowest BCUT2D eigenvalue weighted by Crippen LogP contribution is -2.39. The van der Waals surface area contributed by atoms with Crippen molar-refractivity contribution in [2.75, 3.05) is 18.4 Å². The van der Waals surface area contributed by atoms with Crippen molar-refractivity contribution in [1.29, 1.82) is 0 Å². The summed E-state index contributed by atoms with van der Waals surface area (Å²) >= 11 is 15.9. The van der Waals surface area contributed by atoms with Crippen LogP contribution in [0.3, 0.4) is 0 Å². The number of piperidine rings is 1. The maximum atomic E-state index is 12.4. The van der Waals surface area contributed by atoms with Crippen LogP contribution in [0, 0.1) is 11.8 Å². The fraction of sp³-hybridized carbons (Fsp3) is 0.588. The minimum absolute atomic E-state index is 0.0331. The van der Waals surface area contributed by atoms with Crippen LogP contribution in [0.1, 0.15) is 26.3 Å². The van der Waals surface area contributed by atoms with Crippen LogP contribution in [0.15, 0.2) is 18.2 Å². The number of fused-ring (bicyclic) bond motifs is 1. The molecule has 0 bridgehead atoms. The second-order valence-corrected chi connectivity index (χ2v) is 8.86. The zero-order chi connectivity index (χ0) is 17.0. The average Bonchev–Trinajstić information content (AvgIpc) is 2.87. The van der Waals surface area contributed by atoms with Gasteiger partial charge in [-0.1, -0.05) is 45.2 Å². The van der Waals surface area contributed by atoms with Crippen LogP contribution < -0.4 is 0 Å². The quantitative estimate of drug-likeness (QED) is 0.621. The van der Waals surface area contributed by atoms with Crippen molar-refractivity contribution in [3.05, 3.63) is 33.8 Å². The number of benzene rings is 1. The van der Waals surface area contributed by atoms with Crippen LogP contribution in [0.4, 0.5) is 4.79 Å². The summed E-state index contributed by atoms with van der Waals surface area (Å²) in [5, 5.41) is 2.04. The van der Waals surface area contributed by atoms with Gasteiger partial charge in [-0.15, -0.1) is 0 Å². The van der Waals surface area contributed by atoms with E-state index in [1.54, 1.807) is 0 Å². The topological polar surface area (TPSA) is 29.5 Å². The number of amides is 1. The first kappa shape index (κ1) is 17.4. The average molecular weight is 421 g/mol. The third-order valence-electron chi connectivity index (χ3n) is 4.84. The Morgan fingerprint density at radius 3 is 2.65 bits per heavy atom. The van der Waals surface area contributed by atoms with Gasteiger partial charge in [0.25, 0.3) is 0 Å². The molecule has 3 atom stereocenters. The molecule has 1 heterocycles. The molecule has 3 rings (SSSR count). The molecule has 1 aromatic carbocycles. The molecule has 0 aromatic heterocycles. The molecule has 23 heavy (non-hydrogen) atoms. The van der Waals surface area contributed by atoms with Crippen molar-refractivity contribution in [2.24, 2.45) is 11.8 Å². The van der Waals surface area contributed by atoms with E-state index in [1.165, 1.54) is 0 Å². The number of likely N-dealkylation sites (tertiary alicyclic amines) is 1. The molecule has 6 heteroatoms. The van der Waals surface area contributed by atoms with E-state index in [0.717, 1.165) is 17.4 Å². The Morgan fingerprint density at radius 1 is 1.39 bits per heavy atom. The zero-order valence-corrected chi connectivity index (χ0v) is 16.5. The number of hydrogen-bond acceptors (Lipinski definition) is 2. The number of alkyl halides is 1. The zero-order valence-electron chi connectivity index (χ0n) is 13.4. The van der Waals surface area contributed by atoms with E-state index >= 15 is 0 Å². The molecule has 3 nitrogen and oxygen atoms in total. The lowest BCUT2D eigenvalue weighted by molar-refractivity contribution is 0.0263. The van der Waals surface area contributed by atoms with E-state index in [2.05, 4.69) is 15.9 Å². The van der Waals surface area contributed by atoms with Crippen molar-refractivity contribution in [3.8, 4) is 0 Å². The lowest BCUT2D eigenvalue weighted by Gasteiger charge is -2.27. The fourth-order valence-electron chi connectivity index (χ4n) is 3.76. The van der Waals surface area contributed by atoms with E-state index in [0.29, 0.717) is 28.4 Å². The van der Waals surface area contributed by atoms with Gasteiger partial charge in [-0.3, -0.25) is 0 Å². The van der Waals surface area contributed by atoms with Crippen LogP contribution >= 0.6 is 39.1 Å². The van der Waals surface area contributed by atoms with E-state index in [1.807, 2.05) is 43.9 Å². The molecule has 1 aliphatic heterocycles. The summed E-state index contributed by atoms with van der Waals surface area (Å²) in [6, 6.07) is 5.81. The van der Waals surface area contributed by atoms with Crippen LogP contribution in [-0.2, 0) is 10.2 Å². The highest BCUT2D eigenvalue weighted by Gasteiger charge is 2.69. The second-order valence-electron chi connectivity index (χ2n) is 7.40. The fourth-order valence-corrected chi connectivity index (χ4v) is 5.09. The highest BCUT2D eigenvalue weighted by Crippen LogP contribution is 2.65. The lowest BCUT2D eigenvalue weighted by atomic mass is 9.93. The molecular formula is C17H20BrCl2NO2. The summed E-state index contributed by atoms with van der Waals surface area (Å²) in [6.07, 6.45) is -0.238. The highest BCUT2D eigenvalue weighted by atomic mass is 79.9. The van der Waals surface area contributed by atoms with Gasteiger partial charge < -0.3 is 9.64 Å². The molecule has 1 aliphatic carbocycles. The molecule has 1 saturated heterocycles. The third-order valence-corrected chi connectivity index (χ3v) is 6.28. The first-order valence-electron chi connectivity index (χ1n) is 7.68. The minimum atomic E-state index is -0.477. The van der Waals surface area contributed by atoms with Crippen molar-refractivity contribution in [1.82, 2.24) is 4.90 Å². The molecule has 2 aliphatic rings. The summed E-state index contributed by atoms with van der Waals surface area (Å²) in [5.41, 5.74) is 0.650. The van der Waals surface area contributed by atoms with Gasteiger partial charge in [0.05, 0.1) is 10.0 Å². The Kier molecular flexibility index (Phi) is 4.40. The van der Waals surface area contributed by atoms with Crippen molar-refractivity contribution in [2.45, 2.75) is 31.8 Å². The predicted molar refractivity (Wildman–Crippen MR) is 96.7 cm³/mol. The normalized spacial score (nSPS) is 29.4. The standard InChI is InChI=1S/C17H20BrCl2NO2/c1-16(2,3)23-15(22)21-8-12-11(7-18)17(12,9-21)10-4-5-13(19)14(20)6-10/h4-6,11-12H,7-9H2,1-3H3/t11-,12-,17-/m0/s1. The molecule has 2 fully saturated rings. The molecule has 1 saturated carbocycles. The molecular weight excluding hydrogens is 401 g/mol. The maximum Gasteiger partial charge on any atom is 0.410 e. The first-order chi connectivity index (χ1) is 10.7. The molecule has 1 aromatic rings. The van der Waals surface area contributed by atoms with E-state index < -0.39 is 5.60 Å². The number of rotatable bonds is 2. The van der Waals surface area contributed by atoms with Gasteiger partial charge in [0.15, 0.2) is 0 Å². The molecule has 126 valence electrons. The van der Waals surface area contributed by atoms with Crippen LogP contribution in [0.25, 0.3) is 0 Å². The number of hydrogen-bond donors (Lipinski definition) is 0. The van der Waals surface area contributed by atoms with E-state index in [9.17, 15) is 4.79 Å². The van der Waals surface area contributed by atoms with Crippen molar-refractivity contribution in [3.63, 3.8) is 0 Å². The van der Waals surface area contributed by atoms with Gasteiger partial charge in [-0.25, -0.2) is 4.79 Å². The van der Waals surface area contributed by atoms with Crippen LogP contribution in [0.2, 0.25) is 10.0 Å². The Morgan fingerprint density at radius 2 is 2.09 bits per heavy atom. The second kappa shape index (κ2) is 5.82. The molecule has 0 radical (unpaired) electrons. The molecule has 0 N–H and O–H groups in total. The Hall–Kier alpha value is -0.450. The number of halogens is 3. The van der Waals surface area contributed by atoms with Crippen LogP contribution in [0.5, 0.6) is 0 Å². The van der Waals surface area contributed by atoms with Crippen molar-refractivity contribution < 1.29 is 9.53 Å². The summed E-state index contributed by atoms with van der Waals surface area (Å²) in [5.74, 6) is 0.949. The Balaban J connectivity index is 1.83. The number of carbonyl (C=O) groups is 1. The van der Waals surface area contributed by atoms with Gasteiger partial charge in [-0.2, -0.15) is 0 Å². The summed E-state index contributed by atoms with van der Waals surface area (Å²) in [4.78, 5) is 14.2. The van der Waals surface area contributed by atoms with Crippen molar-refractivity contribution >= 4 is 45.2 Å². The minimum Gasteiger partial charge on any atom is -0.444 e.